The molecule has 1 heterocycles. The number of rotatable bonds is 1. The van der Waals surface area contributed by atoms with Crippen LogP contribution in [-0.2, 0) is 0 Å². The van der Waals surface area contributed by atoms with Gasteiger partial charge in [-0.05, 0) is 17.0 Å². The smallest absolute Gasteiger partial charge is 0.0342 e. The molecule has 110 valence electrons. The minimum Gasteiger partial charge on any atom is -0.144 e. The molecule has 0 atom stereocenters. The Hall–Kier alpha value is -1.08. The van der Waals surface area contributed by atoms with Crippen LogP contribution in [-0.4, -0.2) is 0 Å². The lowest BCUT2D eigenvalue weighted by molar-refractivity contribution is 1.50. The van der Waals surface area contributed by atoms with E-state index in [0.717, 1.165) is 0 Å². The molecule has 1 aromatic carbocycles. The molecule has 0 fully saturated rings. The molecular formula is C18H32S. The highest BCUT2D eigenvalue weighted by Gasteiger charge is 1.93. The van der Waals surface area contributed by atoms with Gasteiger partial charge in [-0.15, -0.1) is 11.3 Å². The summed E-state index contributed by atoms with van der Waals surface area (Å²) >= 11 is 1.78. The van der Waals surface area contributed by atoms with Crippen LogP contribution in [0.5, 0.6) is 0 Å². The largest absolute Gasteiger partial charge is 0.144 e. The molecule has 0 spiro atoms. The second-order valence-corrected chi connectivity index (χ2v) is 3.29. The second kappa shape index (κ2) is 22.1. The molecule has 0 amide bonds. The van der Waals surface area contributed by atoms with Gasteiger partial charge in [0.25, 0.3) is 0 Å². The van der Waals surface area contributed by atoms with Gasteiger partial charge < -0.3 is 0 Å². The Morgan fingerprint density at radius 1 is 0.579 bits per heavy atom. The van der Waals surface area contributed by atoms with Crippen molar-refractivity contribution in [1.82, 2.24) is 0 Å². The zero-order valence-corrected chi connectivity index (χ0v) is 14.8. The maximum Gasteiger partial charge on any atom is 0.0342 e. The van der Waals surface area contributed by atoms with Crippen LogP contribution in [0.3, 0.4) is 0 Å². The van der Waals surface area contributed by atoms with Crippen molar-refractivity contribution in [3.63, 3.8) is 0 Å². The summed E-state index contributed by atoms with van der Waals surface area (Å²) in [7, 11) is 0. The third-order valence-electron chi connectivity index (χ3n) is 1.58. The standard InChI is InChI=1S/C10H8S.4C2H6/c1-2-5-9(6-3-1)10-7-4-8-11-10;4*1-2/h1-8H;4*1-2H3. The van der Waals surface area contributed by atoms with Crippen LogP contribution in [0.15, 0.2) is 47.8 Å². The van der Waals surface area contributed by atoms with Crippen molar-refractivity contribution < 1.29 is 0 Å². The number of benzene rings is 1. The lowest BCUT2D eigenvalue weighted by atomic mass is 10.2. The highest BCUT2D eigenvalue weighted by molar-refractivity contribution is 7.13. The summed E-state index contributed by atoms with van der Waals surface area (Å²) in [5, 5.41) is 2.10. The fourth-order valence-corrected chi connectivity index (χ4v) is 1.78. The Bertz CT molecular complexity index is 309. The fraction of sp³-hybridized carbons (Fsp3) is 0.444. The third kappa shape index (κ3) is 11.7. The van der Waals surface area contributed by atoms with Gasteiger partial charge in [0.2, 0.25) is 0 Å². The monoisotopic (exact) mass is 280 g/mol. The Morgan fingerprint density at radius 2 is 1.05 bits per heavy atom. The zero-order chi connectivity index (χ0) is 15.5. The number of thiophene rings is 1. The van der Waals surface area contributed by atoms with Crippen LogP contribution < -0.4 is 0 Å². The molecule has 0 saturated carbocycles. The molecule has 0 aliphatic carbocycles. The summed E-state index contributed by atoms with van der Waals surface area (Å²) in [6.07, 6.45) is 0. The third-order valence-corrected chi connectivity index (χ3v) is 2.50. The van der Waals surface area contributed by atoms with Crippen molar-refractivity contribution in [1.29, 1.82) is 0 Å². The zero-order valence-electron chi connectivity index (χ0n) is 14.0. The van der Waals surface area contributed by atoms with Crippen molar-refractivity contribution in [3.8, 4) is 10.4 Å². The normalized spacial score (nSPS) is 6.95. The first-order valence-electron chi connectivity index (χ1n) is 7.56. The number of hydrogen-bond acceptors (Lipinski definition) is 1. The quantitative estimate of drug-likeness (QED) is 0.506. The van der Waals surface area contributed by atoms with Crippen molar-refractivity contribution in [3.05, 3.63) is 47.8 Å². The summed E-state index contributed by atoms with van der Waals surface area (Å²) in [6.45, 7) is 16.0. The van der Waals surface area contributed by atoms with Crippen molar-refractivity contribution in [2.75, 3.05) is 0 Å². The molecule has 19 heavy (non-hydrogen) atoms. The van der Waals surface area contributed by atoms with Crippen molar-refractivity contribution in [2.45, 2.75) is 55.4 Å². The summed E-state index contributed by atoms with van der Waals surface area (Å²) < 4.78 is 0. The molecule has 0 N–H and O–H groups in total. The lowest BCUT2D eigenvalue weighted by Crippen LogP contribution is -1.67. The Labute approximate surface area is 125 Å². The van der Waals surface area contributed by atoms with E-state index < -0.39 is 0 Å². The maximum atomic E-state index is 2.14. The van der Waals surface area contributed by atoms with E-state index in [1.54, 1.807) is 11.3 Å². The highest BCUT2D eigenvalue weighted by Crippen LogP contribution is 2.23. The van der Waals surface area contributed by atoms with Crippen LogP contribution in [0, 0.1) is 0 Å². The van der Waals surface area contributed by atoms with Gasteiger partial charge in [-0.3, -0.25) is 0 Å². The molecule has 0 aliphatic heterocycles. The van der Waals surface area contributed by atoms with E-state index in [4.69, 9.17) is 0 Å². The van der Waals surface area contributed by atoms with E-state index in [0.29, 0.717) is 0 Å². The molecule has 0 radical (unpaired) electrons. The van der Waals surface area contributed by atoms with Crippen LogP contribution in [0.25, 0.3) is 10.4 Å². The Morgan fingerprint density at radius 3 is 1.42 bits per heavy atom. The molecule has 1 aromatic heterocycles. The SMILES string of the molecule is CC.CC.CC.CC.c1ccc(-c2cccs2)cc1. The molecular weight excluding hydrogens is 248 g/mol. The van der Waals surface area contributed by atoms with E-state index >= 15 is 0 Å². The van der Waals surface area contributed by atoms with Gasteiger partial charge in [-0.2, -0.15) is 0 Å². The van der Waals surface area contributed by atoms with Crippen LogP contribution in [0.1, 0.15) is 55.4 Å². The molecule has 2 rings (SSSR count). The van der Waals surface area contributed by atoms with Crippen LogP contribution in [0.4, 0.5) is 0 Å². The van der Waals surface area contributed by atoms with Crippen molar-refractivity contribution in [2.24, 2.45) is 0 Å². The van der Waals surface area contributed by atoms with Gasteiger partial charge in [0.05, 0.1) is 0 Å². The van der Waals surface area contributed by atoms with E-state index in [2.05, 4.69) is 41.8 Å². The molecule has 2 aromatic rings. The summed E-state index contributed by atoms with van der Waals surface area (Å²) in [4.78, 5) is 1.34. The molecule has 0 unspecified atom stereocenters. The highest BCUT2D eigenvalue weighted by atomic mass is 32.1. The van der Waals surface area contributed by atoms with E-state index in [1.165, 1.54) is 10.4 Å². The van der Waals surface area contributed by atoms with E-state index in [9.17, 15) is 0 Å². The molecule has 0 saturated heterocycles. The first-order chi connectivity index (χ1) is 9.47. The number of hydrogen-bond donors (Lipinski definition) is 0. The van der Waals surface area contributed by atoms with E-state index in [-0.39, 0.29) is 0 Å². The maximum absolute atomic E-state index is 2.14. The topological polar surface area (TPSA) is 0 Å². The first-order valence-corrected chi connectivity index (χ1v) is 8.44. The second-order valence-electron chi connectivity index (χ2n) is 2.34. The molecule has 0 nitrogen and oxygen atoms in total. The van der Waals surface area contributed by atoms with Gasteiger partial charge in [0.1, 0.15) is 0 Å². The summed E-state index contributed by atoms with van der Waals surface area (Å²) in [5.41, 5.74) is 1.31. The van der Waals surface area contributed by atoms with Crippen molar-refractivity contribution >= 4 is 11.3 Å². The van der Waals surface area contributed by atoms with Gasteiger partial charge in [0, 0.05) is 4.88 Å². The summed E-state index contributed by atoms with van der Waals surface area (Å²) in [6, 6.07) is 14.6. The minimum absolute atomic E-state index is 1.31. The predicted octanol–water partition coefficient (Wildman–Crippen LogP) is 7.52. The Balaban J connectivity index is -0.000000278. The average Bonchev–Trinajstić information content (AvgIpc) is 3.10. The molecule has 0 aliphatic rings. The predicted molar refractivity (Wildman–Crippen MR) is 95.1 cm³/mol. The first kappa shape index (κ1) is 23.0. The fourth-order valence-electron chi connectivity index (χ4n) is 1.05. The molecule has 1 heteroatoms. The van der Waals surface area contributed by atoms with Gasteiger partial charge >= 0.3 is 0 Å². The van der Waals surface area contributed by atoms with Gasteiger partial charge in [0.15, 0.2) is 0 Å². The van der Waals surface area contributed by atoms with E-state index in [1.807, 2.05) is 61.5 Å². The van der Waals surface area contributed by atoms with Crippen LogP contribution in [0.2, 0.25) is 0 Å². The Kier molecular flexibility index (Phi) is 26.8. The minimum atomic E-state index is 1.31. The van der Waals surface area contributed by atoms with Gasteiger partial charge in [-0.25, -0.2) is 0 Å². The average molecular weight is 281 g/mol. The van der Waals surface area contributed by atoms with Crippen LogP contribution >= 0.6 is 11.3 Å². The van der Waals surface area contributed by atoms with Gasteiger partial charge in [-0.1, -0.05) is 91.8 Å². The summed E-state index contributed by atoms with van der Waals surface area (Å²) in [5.74, 6) is 0. The lowest BCUT2D eigenvalue weighted by Gasteiger charge is -1.93. The molecule has 0 bridgehead atoms.